The summed E-state index contributed by atoms with van der Waals surface area (Å²) in [6, 6.07) is 4.99. The Balaban J connectivity index is 2.68. The largest absolute Gasteiger partial charge is 0.496 e. The molecule has 0 spiro atoms. The number of nitrogens with zero attached hydrogens (tertiary/aromatic N) is 1. The number of nitrogen functional groups attached to an aromatic ring is 1. The van der Waals surface area contributed by atoms with Crippen LogP contribution in [0.15, 0.2) is 22.7 Å². The molecule has 0 bridgehead atoms. The molecule has 0 saturated carbocycles. The van der Waals surface area contributed by atoms with Crippen LogP contribution in [0.25, 0.3) is 11.3 Å². The molecule has 0 saturated heterocycles. The fourth-order valence-corrected chi connectivity index (χ4v) is 1.79. The number of methoxy groups -OCH3 is 2. The van der Waals surface area contributed by atoms with Gasteiger partial charge < -0.3 is 19.7 Å². The topological polar surface area (TPSA) is 70.5 Å². The average Bonchev–Trinajstić information content (AvgIpc) is 2.75. The van der Waals surface area contributed by atoms with Gasteiger partial charge in [-0.2, -0.15) is 0 Å². The zero-order valence-corrected chi connectivity index (χ0v) is 10.1. The van der Waals surface area contributed by atoms with Gasteiger partial charge in [-0.05, 0) is 12.1 Å². The molecule has 2 aromatic rings. The van der Waals surface area contributed by atoms with Gasteiger partial charge in [-0.15, -0.1) is 0 Å². The van der Waals surface area contributed by atoms with Crippen LogP contribution in [0.3, 0.4) is 0 Å². The van der Waals surface area contributed by atoms with E-state index in [0.717, 1.165) is 0 Å². The van der Waals surface area contributed by atoms with E-state index in [1.54, 1.807) is 25.3 Å². The summed E-state index contributed by atoms with van der Waals surface area (Å²) in [4.78, 5) is 0. The Morgan fingerprint density at radius 2 is 2.06 bits per heavy atom. The smallest absolute Gasteiger partial charge is 0.222 e. The van der Waals surface area contributed by atoms with Gasteiger partial charge in [0.25, 0.3) is 0 Å². The van der Waals surface area contributed by atoms with E-state index in [9.17, 15) is 0 Å². The van der Waals surface area contributed by atoms with Crippen molar-refractivity contribution in [3.8, 4) is 22.8 Å². The van der Waals surface area contributed by atoms with Crippen LogP contribution in [-0.4, -0.2) is 19.4 Å². The van der Waals surface area contributed by atoms with Crippen molar-refractivity contribution in [1.82, 2.24) is 5.16 Å². The van der Waals surface area contributed by atoms with E-state index in [2.05, 4.69) is 5.16 Å². The highest BCUT2D eigenvalue weighted by Gasteiger charge is 2.19. The Labute approximate surface area is 103 Å². The first kappa shape index (κ1) is 11.6. The maximum Gasteiger partial charge on any atom is 0.222 e. The molecule has 0 amide bonds. The van der Waals surface area contributed by atoms with Crippen molar-refractivity contribution in [3.63, 3.8) is 0 Å². The van der Waals surface area contributed by atoms with Gasteiger partial charge in [0.2, 0.25) is 5.88 Å². The molecule has 0 aliphatic rings. The molecule has 0 atom stereocenters. The molecule has 0 aliphatic carbocycles. The summed E-state index contributed by atoms with van der Waals surface area (Å²) in [5, 5.41) is 4.29. The summed E-state index contributed by atoms with van der Waals surface area (Å²) in [6.07, 6.45) is 0. The Kier molecular flexibility index (Phi) is 3.10. The normalized spacial score (nSPS) is 10.3. The summed E-state index contributed by atoms with van der Waals surface area (Å²) in [5.41, 5.74) is 6.62. The molecule has 0 aliphatic heterocycles. The predicted molar refractivity (Wildman–Crippen MR) is 64.5 cm³/mol. The van der Waals surface area contributed by atoms with Crippen LogP contribution in [0, 0.1) is 0 Å². The Morgan fingerprint density at radius 1 is 1.29 bits per heavy atom. The minimum absolute atomic E-state index is 0.212. The number of nitrogens with two attached hydrogens (primary N) is 1. The number of rotatable bonds is 3. The molecule has 0 unspecified atom stereocenters. The Morgan fingerprint density at radius 3 is 2.59 bits per heavy atom. The molecular formula is C11H11ClN2O3. The monoisotopic (exact) mass is 254 g/mol. The van der Waals surface area contributed by atoms with Gasteiger partial charge in [-0.1, -0.05) is 16.8 Å². The van der Waals surface area contributed by atoms with E-state index in [4.69, 9.17) is 31.3 Å². The van der Waals surface area contributed by atoms with Crippen molar-refractivity contribution in [2.75, 3.05) is 20.0 Å². The van der Waals surface area contributed by atoms with Crippen LogP contribution in [0.1, 0.15) is 0 Å². The van der Waals surface area contributed by atoms with Crippen molar-refractivity contribution in [1.29, 1.82) is 0 Å². The lowest BCUT2D eigenvalue weighted by molar-refractivity contribution is 0.395. The van der Waals surface area contributed by atoms with Crippen molar-refractivity contribution in [3.05, 3.63) is 23.2 Å². The summed E-state index contributed by atoms with van der Waals surface area (Å²) in [5.74, 6) is 1.27. The maximum atomic E-state index is 6.04. The second-order valence-corrected chi connectivity index (χ2v) is 3.68. The molecule has 1 aromatic carbocycles. The fourth-order valence-electron chi connectivity index (χ4n) is 1.56. The molecule has 1 aromatic heterocycles. The maximum absolute atomic E-state index is 6.04. The minimum Gasteiger partial charge on any atom is -0.496 e. The van der Waals surface area contributed by atoms with Crippen LogP contribution in [-0.2, 0) is 0 Å². The summed E-state index contributed by atoms with van der Waals surface area (Å²) in [6.45, 7) is 0. The number of benzene rings is 1. The molecule has 17 heavy (non-hydrogen) atoms. The minimum atomic E-state index is 0.212. The molecule has 2 N–H and O–H groups in total. The molecule has 2 rings (SSSR count). The number of hydrogen-bond donors (Lipinski definition) is 1. The van der Waals surface area contributed by atoms with Gasteiger partial charge in [0.05, 0.1) is 24.8 Å². The summed E-state index contributed by atoms with van der Waals surface area (Å²) < 4.78 is 15.3. The average molecular weight is 255 g/mol. The highest BCUT2D eigenvalue weighted by atomic mass is 35.5. The third-order valence-corrected chi connectivity index (χ3v) is 2.58. The zero-order chi connectivity index (χ0) is 12.4. The van der Waals surface area contributed by atoms with Crippen molar-refractivity contribution >= 4 is 17.5 Å². The van der Waals surface area contributed by atoms with E-state index in [0.29, 0.717) is 27.8 Å². The fraction of sp³-hybridized carbons (Fsp3) is 0.182. The number of halogens is 1. The van der Waals surface area contributed by atoms with Crippen LogP contribution in [0.4, 0.5) is 5.88 Å². The van der Waals surface area contributed by atoms with E-state index in [1.165, 1.54) is 7.11 Å². The predicted octanol–water partition coefficient (Wildman–Crippen LogP) is 2.59. The quantitative estimate of drug-likeness (QED) is 0.912. The van der Waals surface area contributed by atoms with Gasteiger partial charge in [0, 0.05) is 6.07 Å². The molecule has 90 valence electrons. The summed E-state index contributed by atoms with van der Waals surface area (Å²) >= 11 is 6.04. The lowest BCUT2D eigenvalue weighted by Crippen LogP contribution is -1.94. The SMILES string of the molecule is COc1ccc(Cl)c(OC)c1-c1cc(N)on1. The zero-order valence-electron chi connectivity index (χ0n) is 9.36. The van der Waals surface area contributed by atoms with Crippen molar-refractivity contribution in [2.24, 2.45) is 0 Å². The van der Waals surface area contributed by atoms with Gasteiger partial charge in [0.15, 0.2) is 5.75 Å². The second kappa shape index (κ2) is 4.55. The van der Waals surface area contributed by atoms with Crippen LogP contribution >= 0.6 is 11.6 Å². The Hall–Kier alpha value is -1.88. The number of anilines is 1. The number of ether oxygens (including phenoxy) is 2. The third kappa shape index (κ3) is 2.01. The molecule has 5 nitrogen and oxygen atoms in total. The van der Waals surface area contributed by atoms with E-state index >= 15 is 0 Å². The van der Waals surface area contributed by atoms with Gasteiger partial charge in [0.1, 0.15) is 11.4 Å². The summed E-state index contributed by atoms with van der Waals surface area (Å²) in [7, 11) is 3.07. The second-order valence-electron chi connectivity index (χ2n) is 3.27. The lowest BCUT2D eigenvalue weighted by Gasteiger charge is -2.12. The third-order valence-electron chi connectivity index (χ3n) is 2.28. The van der Waals surface area contributed by atoms with Crippen LogP contribution in [0.2, 0.25) is 5.02 Å². The number of hydrogen-bond acceptors (Lipinski definition) is 5. The van der Waals surface area contributed by atoms with E-state index in [-0.39, 0.29) is 5.88 Å². The highest BCUT2D eigenvalue weighted by Crippen LogP contribution is 2.42. The van der Waals surface area contributed by atoms with Crippen LogP contribution < -0.4 is 15.2 Å². The van der Waals surface area contributed by atoms with Gasteiger partial charge in [-0.25, -0.2) is 0 Å². The van der Waals surface area contributed by atoms with Gasteiger partial charge >= 0.3 is 0 Å². The molecule has 1 heterocycles. The molecular weight excluding hydrogens is 244 g/mol. The molecule has 0 radical (unpaired) electrons. The van der Waals surface area contributed by atoms with Gasteiger partial charge in [-0.3, -0.25) is 0 Å². The highest BCUT2D eigenvalue weighted by molar-refractivity contribution is 6.32. The first-order chi connectivity index (χ1) is 8.17. The molecule has 6 heteroatoms. The standard InChI is InChI=1S/C11H11ClN2O3/c1-15-8-4-3-6(12)11(16-2)10(8)7-5-9(13)17-14-7/h3-5H,13H2,1-2H3. The van der Waals surface area contributed by atoms with Crippen molar-refractivity contribution < 1.29 is 14.0 Å². The molecule has 0 fully saturated rings. The van der Waals surface area contributed by atoms with E-state index in [1.807, 2.05) is 0 Å². The lowest BCUT2D eigenvalue weighted by atomic mass is 10.1. The first-order valence-electron chi connectivity index (χ1n) is 4.80. The van der Waals surface area contributed by atoms with E-state index < -0.39 is 0 Å². The van der Waals surface area contributed by atoms with Crippen LogP contribution in [0.5, 0.6) is 11.5 Å². The Bertz CT molecular complexity index is 540. The van der Waals surface area contributed by atoms with Crippen molar-refractivity contribution in [2.45, 2.75) is 0 Å². The first-order valence-corrected chi connectivity index (χ1v) is 5.18. The number of aromatic nitrogens is 1.